The molecule has 43 heavy (non-hydrogen) atoms. The Morgan fingerprint density at radius 3 is 1.91 bits per heavy atom. The van der Waals surface area contributed by atoms with Gasteiger partial charge in [-0.3, -0.25) is 29.0 Å². The molecule has 0 rings (SSSR count). The second kappa shape index (κ2) is 20.3. The predicted octanol–water partition coefficient (Wildman–Crippen LogP) is -2.45. The Bertz CT molecular complexity index is 990. The van der Waals surface area contributed by atoms with Gasteiger partial charge in [-0.25, -0.2) is 4.79 Å². The molecule has 0 aromatic carbocycles. The fourth-order valence-electron chi connectivity index (χ4n) is 3.71. The van der Waals surface area contributed by atoms with E-state index in [1.54, 1.807) is 6.92 Å². The molecule has 0 spiro atoms. The largest absolute Gasteiger partial charge is 0.480 e. The topological polar surface area (TPSA) is 273 Å². The molecule has 246 valence electrons. The summed E-state index contributed by atoms with van der Waals surface area (Å²) in [6, 6.07) is -5.26. The third-order valence-corrected chi connectivity index (χ3v) is 6.73. The molecule has 0 saturated heterocycles. The number of carbonyl (C=O) groups excluding carboxylic acids is 5. The van der Waals surface area contributed by atoms with Gasteiger partial charge >= 0.3 is 5.97 Å². The number of hydrogen-bond acceptors (Lipinski definition) is 9. The van der Waals surface area contributed by atoms with Crippen molar-refractivity contribution in [3.63, 3.8) is 0 Å². The van der Waals surface area contributed by atoms with E-state index in [1.165, 1.54) is 6.92 Å². The number of carboxylic acids is 1. The zero-order chi connectivity index (χ0) is 33.3. The molecule has 0 radical (unpaired) electrons. The van der Waals surface area contributed by atoms with Crippen molar-refractivity contribution in [2.45, 2.75) is 90.5 Å². The number of aliphatic imine (C=N–C) groups is 1. The highest BCUT2D eigenvalue weighted by Gasteiger charge is 2.31. The average molecular weight is 632 g/mol. The maximum absolute atomic E-state index is 13.0. The number of nitrogens with zero attached hydrogens (tertiary/aromatic N) is 1. The number of amides is 5. The Balaban J connectivity index is 5.51. The first-order chi connectivity index (χ1) is 20.0. The minimum atomic E-state index is -1.21. The van der Waals surface area contributed by atoms with Gasteiger partial charge in [0.1, 0.15) is 24.2 Å². The first kappa shape index (κ1) is 39.4. The third kappa shape index (κ3) is 16.0. The molecule has 0 bridgehead atoms. The number of guanidine groups is 1. The summed E-state index contributed by atoms with van der Waals surface area (Å²) in [6.45, 7) is 8.25. The molecule has 0 unspecified atom stereocenters. The van der Waals surface area contributed by atoms with Crippen LogP contribution in [0.25, 0.3) is 0 Å². The normalized spacial score (nSPS) is 15.1. The fraction of sp³-hybridized carbons (Fsp3) is 0.731. The Labute approximate surface area is 257 Å². The Hall–Kier alpha value is -3.60. The van der Waals surface area contributed by atoms with Crippen molar-refractivity contribution in [2.75, 3.05) is 18.8 Å². The molecular formula is C26H49N9O7S. The monoisotopic (exact) mass is 631 g/mol. The maximum atomic E-state index is 13.0. The molecule has 16 nitrogen and oxygen atoms in total. The molecule has 0 aliphatic heterocycles. The van der Waals surface area contributed by atoms with Gasteiger partial charge in [0.25, 0.3) is 0 Å². The van der Waals surface area contributed by atoms with Crippen molar-refractivity contribution in [3.05, 3.63) is 0 Å². The molecule has 0 aromatic rings. The molecule has 0 saturated carbocycles. The molecule has 0 aliphatic carbocycles. The quantitative estimate of drug-likeness (QED) is 0.0293. The third-order valence-electron chi connectivity index (χ3n) is 6.36. The van der Waals surface area contributed by atoms with Crippen LogP contribution in [0.3, 0.4) is 0 Å². The summed E-state index contributed by atoms with van der Waals surface area (Å²) in [5, 5.41) is 22.0. The van der Waals surface area contributed by atoms with E-state index in [9.17, 15) is 33.9 Å². The van der Waals surface area contributed by atoms with Crippen LogP contribution in [0.1, 0.15) is 60.3 Å². The summed E-state index contributed by atoms with van der Waals surface area (Å²) >= 11 is 4.10. The summed E-state index contributed by atoms with van der Waals surface area (Å²) in [7, 11) is 0. The van der Waals surface area contributed by atoms with Gasteiger partial charge in [0, 0.05) is 12.3 Å². The summed E-state index contributed by atoms with van der Waals surface area (Å²) in [6.07, 6.45) is 1.05. The molecule has 17 heteroatoms. The van der Waals surface area contributed by atoms with Gasteiger partial charge in [0.2, 0.25) is 29.5 Å². The standard InChI is InChI=1S/C26H49N9O7S/c1-6-14(4)20(35-23(39)18(12-43)34-21(37)15(5)27)24(40)31-11-19(36)32-16(8-7-9-30-26(28)29)22(38)33-17(25(41)42)10-13(2)3/h13-18,20,43H,6-12,27H2,1-5H3,(H,31,40)(H,32,36)(H,33,38)(H,34,37)(H,35,39)(H,41,42)(H4,28,29,30)/t14-,15-,16-,17-,18-,20-/m0/s1. The maximum Gasteiger partial charge on any atom is 0.326 e. The molecule has 5 amide bonds. The van der Waals surface area contributed by atoms with Gasteiger partial charge in [-0.1, -0.05) is 34.1 Å². The van der Waals surface area contributed by atoms with Crippen LogP contribution in [-0.4, -0.2) is 95.6 Å². The van der Waals surface area contributed by atoms with Crippen LogP contribution in [0, 0.1) is 11.8 Å². The summed E-state index contributed by atoms with van der Waals surface area (Å²) in [5.41, 5.74) is 16.2. The van der Waals surface area contributed by atoms with E-state index in [2.05, 4.69) is 44.2 Å². The smallest absolute Gasteiger partial charge is 0.326 e. The number of nitrogens with two attached hydrogens (primary N) is 3. The number of thiol groups is 1. The van der Waals surface area contributed by atoms with E-state index < -0.39 is 72.3 Å². The van der Waals surface area contributed by atoms with Crippen LogP contribution in [-0.2, 0) is 28.8 Å². The first-order valence-electron chi connectivity index (χ1n) is 14.2. The lowest BCUT2D eigenvalue weighted by Gasteiger charge is -2.26. The number of hydrogen-bond donors (Lipinski definition) is 10. The van der Waals surface area contributed by atoms with E-state index in [0.29, 0.717) is 12.8 Å². The molecule has 6 atom stereocenters. The number of rotatable bonds is 20. The number of carbonyl (C=O) groups is 6. The molecule has 12 N–H and O–H groups in total. The van der Waals surface area contributed by atoms with Crippen molar-refractivity contribution >= 4 is 54.1 Å². The van der Waals surface area contributed by atoms with Gasteiger partial charge in [-0.15, -0.1) is 0 Å². The van der Waals surface area contributed by atoms with Gasteiger partial charge < -0.3 is 48.9 Å². The van der Waals surface area contributed by atoms with E-state index in [1.807, 2.05) is 20.8 Å². The summed E-state index contributed by atoms with van der Waals surface area (Å²) < 4.78 is 0. The van der Waals surface area contributed by atoms with Crippen LogP contribution in [0.5, 0.6) is 0 Å². The SMILES string of the molecule is CC[C@H](C)[C@H](NC(=O)[C@H](CS)NC(=O)[C@H](C)N)C(=O)NCC(=O)N[C@@H](CCCN=C(N)N)C(=O)N[C@@H](CC(C)C)C(=O)O. The lowest BCUT2D eigenvalue weighted by atomic mass is 9.98. The lowest BCUT2D eigenvalue weighted by molar-refractivity contribution is -0.142. The number of aliphatic carboxylic acids is 1. The average Bonchev–Trinajstić information content (AvgIpc) is 2.93. The van der Waals surface area contributed by atoms with Gasteiger partial charge in [0.05, 0.1) is 12.6 Å². The van der Waals surface area contributed by atoms with Crippen LogP contribution >= 0.6 is 12.6 Å². The lowest BCUT2D eigenvalue weighted by Crippen LogP contribution is -2.58. The van der Waals surface area contributed by atoms with Crippen LogP contribution in [0.2, 0.25) is 0 Å². The Morgan fingerprint density at radius 2 is 1.42 bits per heavy atom. The van der Waals surface area contributed by atoms with Crippen molar-refractivity contribution < 1.29 is 33.9 Å². The molecule has 0 aromatic heterocycles. The highest BCUT2D eigenvalue weighted by atomic mass is 32.1. The molecule has 0 heterocycles. The van der Waals surface area contributed by atoms with E-state index in [4.69, 9.17) is 17.2 Å². The van der Waals surface area contributed by atoms with E-state index in [0.717, 1.165) is 0 Å². The van der Waals surface area contributed by atoms with E-state index in [-0.39, 0.29) is 42.9 Å². The highest BCUT2D eigenvalue weighted by molar-refractivity contribution is 7.80. The predicted molar refractivity (Wildman–Crippen MR) is 165 cm³/mol. The Morgan fingerprint density at radius 1 is 0.837 bits per heavy atom. The van der Waals surface area contributed by atoms with Gasteiger partial charge in [-0.05, 0) is 38.0 Å². The zero-order valence-corrected chi connectivity index (χ0v) is 26.4. The molecule has 0 aliphatic rings. The van der Waals surface area contributed by atoms with Crippen LogP contribution in [0.15, 0.2) is 4.99 Å². The van der Waals surface area contributed by atoms with Gasteiger partial charge in [-0.2, -0.15) is 12.6 Å². The molecule has 0 fully saturated rings. The van der Waals surface area contributed by atoms with Crippen molar-refractivity contribution in [1.82, 2.24) is 26.6 Å². The second-order valence-electron chi connectivity index (χ2n) is 10.7. The van der Waals surface area contributed by atoms with Crippen molar-refractivity contribution in [3.8, 4) is 0 Å². The Kier molecular flexibility index (Phi) is 18.6. The minimum absolute atomic E-state index is 0.0194. The number of nitrogens with one attached hydrogen (secondary N) is 5. The van der Waals surface area contributed by atoms with Gasteiger partial charge in [0.15, 0.2) is 5.96 Å². The van der Waals surface area contributed by atoms with Crippen LogP contribution < -0.4 is 43.8 Å². The minimum Gasteiger partial charge on any atom is -0.480 e. The zero-order valence-electron chi connectivity index (χ0n) is 25.5. The van der Waals surface area contributed by atoms with Crippen LogP contribution in [0.4, 0.5) is 0 Å². The highest BCUT2D eigenvalue weighted by Crippen LogP contribution is 2.09. The second-order valence-corrected chi connectivity index (χ2v) is 11.1. The fourth-order valence-corrected chi connectivity index (χ4v) is 3.97. The van der Waals surface area contributed by atoms with Crippen molar-refractivity contribution in [1.29, 1.82) is 0 Å². The first-order valence-corrected chi connectivity index (χ1v) is 14.8. The van der Waals surface area contributed by atoms with E-state index >= 15 is 0 Å². The summed E-state index contributed by atoms with van der Waals surface area (Å²) in [4.78, 5) is 79.0. The summed E-state index contributed by atoms with van der Waals surface area (Å²) in [5.74, 6) is -5.09. The van der Waals surface area contributed by atoms with Crippen molar-refractivity contribution in [2.24, 2.45) is 34.0 Å². The molecular weight excluding hydrogens is 582 g/mol. The number of carboxylic acid groups (broad SMARTS) is 1.